The van der Waals surface area contributed by atoms with Crippen LogP contribution in [0.5, 0.6) is 0 Å². The SMILES string of the molecule is CCC(C(=O)OC1CCCCC1)S(=O)Cc1ccc(C(=O)O)o1. The van der Waals surface area contributed by atoms with Gasteiger partial charge in [0.2, 0.25) is 5.76 Å². The number of rotatable bonds is 7. The highest BCUT2D eigenvalue weighted by atomic mass is 32.2. The summed E-state index contributed by atoms with van der Waals surface area (Å²) in [4.78, 5) is 23.0. The van der Waals surface area contributed by atoms with Crippen LogP contribution in [0.3, 0.4) is 0 Å². The Bertz CT molecular complexity index is 573. The summed E-state index contributed by atoms with van der Waals surface area (Å²) in [5.74, 6) is -1.50. The van der Waals surface area contributed by atoms with Crippen molar-refractivity contribution in [2.24, 2.45) is 0 Å². The first-order valence-corrected chi connectivity index (χ1v) is 9.29. The minimum atomic E-state index is -1.50. The highest BCUT2D eigenvalue weighted by molar-refractivity contribution is 7.85. The summed E-state index contributed by atoms with van der Waals surface area (Å²) in [5.41, 5.74) is 0. The number of ether oxygens (including phenoxy) is 1. The Morgan fingerprint density at radius 1 is 1.35 bits per heavy atom. The average molecular weight is 342 g/mol. The second-order valence-corrected chi connectivity index (χ2v) is 7.31. The second-order valence-electron chi connectivity index (χ2n) is 5.69. The Morgan fingerprint density at radius 3 is 2.61 bits per heavy atom. The zero-order chi connectivity index (χ0) is 16.8. The van der Waals surface area contributed by atoms with Crippen molar-refractivity contribution >= 4 is 22.7 Å². The van der Waals surface area contributed by atoms with Gasteiger partial charge in [0.25, 0.3) is 0 Å². The summed E-state index contributed by atoms with van der Waals surface area (Å²) < 4.78 is 23.0. The van der Waals surface area contributed by atoms with Crippen molar-refractivity contribution < 1.29 is 28.1 Å². The third-order valence-electron chi connectivity index (χ3n) is 3.94. The van der Waals surface area contributed by atoms with Crippen LogP contribution in [0.1, 0.15) is 61.8 Å². The maximum atomic E-state index is 12.4. The van der Waals surface area contributed by atoms with Crippen LogP contribution in [0.4, 0.5) is 0 Å². The fourth-order valence-corrected chi connectivity index (χ4v) is 3.97. The molecule has 0 radical (unpaired) electrons. The lowest BCUT2D eigenvalue weighted by Gasteiger charge is -2.24. The monoisotopic (exact) mass is 342 g/mol. The highest BCUT2D eigenvalue weighted by Gasteiger charge is 2.29. The van der Waals surface area contributed by atoms with Crippen LogP contribution in [0, 0.1) is 0 Å². The summed E-state index contributed by atoms with van der Waals surface area (Å²) >= 11 is 0. The van der Waals surface area contributed by atoms with Crippen LogP contribution in [-0.2, 0) is 26.1 Å². The number of hydrogen-bond donors (Lipinski definition) is 1. The minimum Gasteiger partial charge on any atom is -0.475 e. The predicted molar refractivity (Wildman–Crippen MR) is 84.6 cm³/mol. The molecule has 0 amide bonds. The van der Waals surface area contributed by atoms with Gasteiger partial charge in [-0.25, -0.2) is 4.79 Å². The molecule has 1 N–H and O–H groups in total. The number of carboxylic acid groups (broad SMARTS) is 1. The van der Waals surface area contributed by atoms with Gasteiger partial charge in [0.1, 0.15) is 17.1 Å². The van der Waals surface area contributed by atoms with Gasteiger partial charge in [0.05, 0.1) is 5.75 Å². The molecule has 1 saturated carbocycles. The lowest BCUT2D eigenvalue weighted by atomic mass is 9.98. The van der Waals surface area contributed by atoms with Gasteiger partial charge in [0, 0.05) is 10.8 Å². The Labute approximate surface area is 137 Å². The predicted octanol–water partition coefficient (Wildman–Crippen LogP) is 2.88. The van der Waals surface area contributed by atoms with Gasteiger partial charge in [-0.3, -0.25) is 9.00 Å². The van der Waals surface area contributed by atoms with Crippen molar-refractivity contribution in [2.45, 2.75) is 62.6 Å². The molecule has 0 saturated heterocycles. The number of carbonyl (C=O) groups excluding carboxylic acids is 1. The number of carbonyl (C=O) groups is 2. The van der Waals surface area contributed by atoms with E-state index < -0.39 is 28.0 Å². The van der Waals surface area contributed by atoms with E-state index in [1.807, 2.05) is 0 Å². The molecule has 6 nitrogen and oxygen atoms in total. The summed E-state index contributed by atoms with van der Waals surface area (Å²) in [5, 5.41) is 8.10. The van der Waals surface area contributed by atoms with E-state index in [1.54, 1.807) is 6.92 Å². The van der Waals surface area contributed by atoms with E-state index in [-0.39, 0.29) is 17.6 Å². The van der Waals surface area contributed by atoms with E-state index in [9.17, 15) is 13.8 Å². The molecule has 1 aliphatic rings. The van der Waals surface area contributed by atoms with E-state index in [1.165, 1.54) is 18.6 Å². The molecule has 23 heavy (non-hydrogen) atoms. The van der Waals surface area contributed by atoms with Crippen molar-refractivity contribution in [2.75, 3.05) is 0 Å². The first-order chi connectivity index (χ1) is 11.0. The van der Waals surface area contributed by atoms with Crippen LogP contribution in [0.15, 0.2) is 16.5 Å². The van der Waals surface area contributed by atoms with E-state index in [2.05, 4.69) is 0 Å². The average Bonchev–Trinajstić information content (AvgIpc) is 2.97. The first-order valence-electron chi connectivity index (χ1n) is 7.91. The Balaban J connectivity index is 1.93. The normalized spacial score (nSPS) is 18.3. The Hall–Kier alpha value is -1.63. The highest BCUT2D eigenvalue weighted by Crippen LogP contribution is 2.22. The zero-order valence-electron chi connectivity index (χ0n) is 13.2. The molecule has 0 bridgehead atoms. The number of carboxylic acids is 1. The molecular formula is C16H22O6S. The lowest BCUT2D eigenvalue weighted by molar-refractivity contribution is -0.149. The molecule has 1 aliphatic carbocycles. The van der Waals surface area contributed by atoms with E-state index >= 15 is 0 Å². The largest absolute Gasteiger partial charge is 0.475 e. The third-order valence-corrected chi connectivity index (χ3v) is 5.67. The van der Waals surface area contributed by atoms with Crippen LogP contribution in [-0.4, -0.2) is 32.6 Å². The number of furan rings is 1. The van der Waals surface area contributed by atoms with E-state index in [4.69, 9.17) is 14.3 Å². The summed E-state index contributed by atoms with van der Waals surface area (Å²) in [7, 11) is -1.50. The Kier molecular flexibility index (Phi) is 6.38. The molecule has 1 aromatic heterocycles. The molecule has 0 aromatic carbocycles. The molecule has 2 rings (SSSR count). The fraction of sp³-hybridized carbons (Fsp3) is 0.625. The zero-order valence-corrected chi connectivity index (χ0v) is 14.0. The van der Waals surface area contributed by atoms with Gasteiger partial charge in [-0.1, -0.05) is 13.3 Å². The van der Waals surface area contributed by atoms with Gasteiger partial charge in [0.15, 0.2) is 0 Å². The van der Waals surface area contributed by atoms with Gasteiger partial charge >= 0.3 is 11.9 Å². The minimum absolute atomic E-state index is 0.00551. The van der Waals surface area contributed by atoms with Crippen molar-refractivity contribution in [1.29, 1.82) is 0 Å². The molecule has 1 fully saturated rings. The molecule has 0 spiro atoms. The molecule has 1 aromatic rings. The summed E-state index contributed by atoms with van der Waals surface area (Å²) in [6.45, 7) is 1.79. The maximum Gasteiger partial charge on any atom is 0.371 e. The van der Waals surface area contributed by atoms with E-state index in [0.29, 0.717) is 12.2 Å². The summed E-state index contributed by atoms with van der Waals surface area (Å²) in [6.07, 6.45) is 5.37. The molecule has 1 heterocycles. The smallest absolute Gasteiger partial charge is 0.371 e. The van der Waals surface area contributed by atoms with Gasteiger partial charge < -0.3 is 14.3 Å². The fourth-order valence-electron chi connectivity index (χ4n) is 2.69. The van der Waals surface area contributed by atoms with Gasteiger partial charge in [-0.2, -0.15) is 0 Å². The molecular weight excluding hydrogens is 320 g/mol. The maximum absolute atomic E-state index is 12.4. The van der Waals surface area contributed by atoms with Crippen LogP contribution in [0.25, 0.3) is 0 Å². The van der Waals surface area contributed by atoms with E-state index in [0.717, 1.165) is 25.7 Å². The van der Waals surface area contributed by atoms with Crippen LogP contribution >= 0.6 is 0 Å². The second kappa shape index (κ2) is 8.29. The molecule has 2 atom stereocenters. The topological polar surface area (TPSA) is 93.8 Å². The number of hydrogen-bond acceptors (Lipinski definition) is 5. The number of aromatic carboxylic acids is 1. The number of esters is 1. The van der Waals surface area contributed by atoms with Crippen LogP contribution < -0.4 is 0 Å². The van der Waals surface area contributed by atoms with Crippen molar-refractivity contribution in [3.05, 3.63) is 23.7 Å². The third kappa shape index (κ3) is 4.92. The quantitative estimate of drug-likeness (QED) is 0.766. The molecule has 128 valence electrons. The molecule has 2 unspecified atom stereocenters. The van der Waals surface area contributed by atoms with Gasteiger partial charge in [-0.05, 0) is 44.2 Å². The standard InChI is InChI=1S/C16H22O6S/c1-2-14(16(19)22-11-6-4-3-5-7-11)23(20)10-12-8-9-13(21-12)15(17)18/h8-9,11,14H,2-7,10H2,1H3,(H,17,18). The van der Waals surface area contributed by atoms with Crippen molar-refractivity contribution in [3.63, 3.8) is 0 Å². The van der Waals surface area contributed by atoms with Crippen molar-refractivity contribution in [3.8, 4) is 0 Å². The summed E-state index contributed by atoms with van der Waals surface area (Å²) in [6, 6.07) is 2.79. The van der Waals surface area contributed by atoms with Gasteiger partial charge in [-0.15, -0.1) is 0 Å². The lowest BCUT2D eigenvalue weighted by Crippen LogP contribution is -2.32. The van der Waals surface area contributed by atoms with Crippen molar-refractivity contribution in [1.82, 2.24) is 0 Å². The first kappa shape index (κ1) is 17.7. The molecule has 0 aliphatic heterocycles. The van der Waals surface area contributed by atoms with Crippen LogP contribution in [0.2, 0.25) is 0 Å². The molecule has 7 heteroatoms. The Morgan fingerprint density at radius 2 is 2.04 bits per heavy atom.